The van der Waals surface area contributed by atoms with E-state index in [9.17, 15) is 9.50 Å². The quantitative estimate of drug-likeness (QED) is 0.277. The van der Waals surface area contributed by atoms with E-state index < -0.39 is 5.82 Å². The molecule has 0 aliphatic heterocycles. The van der Waals surface area contributed by atoms with Gasteiger partial charge in [-0.05, 0) is 50.5 Å². The van der Waals surface area contributed by atoms with E-state index in [0.29, 0.717) is 29.3 Å². The third-order valence-electron chi connectivity index (χ3n) is 6.24. The summed E-state index contributed by atoms with van der Waals surface area (Å²) in [7, 11) is 3.91. The fraction of sp³-hybridized carbons (Fsp3) is 0.143. The van der Waals surface area contributed by atoms with E-state index in [0.717, 1.165) is 45.3 Å². The average Bonchev–Trinajstić information content (AvgIpc) is 3.51. The van der Waals surface area contributed by atoms with Crippen LogP contribution in [0.1, 0.15) is 0 Å². The number of hydrogen-bond acceptors (Lipinski definition) is 7. The first-order chi connectivity index (χ1) is 18.4. The summed E-state index contributed by atoms with van der Waals surface area (Å²) in [5.74, 6) is 0.141. The number of hydrogen-bond donors (Lipinski definition) is 3. The van der Waals surface area contributed by atoms with Crippen LogP contribution in [0.15, 0.2) is 67.3 Å². The largest absolute Gasteiger partial charge is 0.506 e. The second-order valence-electron chi connectivity index (χ2n) is 9.26. The number of ether oxygens (including phenoxy) is 1. The van der Waals surface area contributed by atoms with Crippen molar-refractivity contribution in [3.05, 3.63) is 73.1 Å². The van der Waals surface area contributed by atoms with Crippen molar-refractivity contribution in [1.29, 1.82) is 0 Å². The van der Waals surface area contributed by atoms with Gasteiger partial charge in [0.2, 0.25) is 0 Å². The molecule has 38 heavy (non-hydrogen) atoms. The lowest BCUT2D eigenvalue weighted by molar-refractivity contribution is 0.260. The van der Waals surface area contributed by atoms with Crippen LogP contribution in [-0.4, -0.2) is 67.4 Å². The number of nitrogens with zero attached hydrogens (tertiary/aromatic N) is 5. The number of benzene rings is 1. The lowest BCUT2D eigenvalue weighted by Crippen LogP contribution is -2.19. The van der Waals surface area contributed by atoms with Crippen molar-refractivity contribution in [2.45, 2.75) is 0 Å². The average molecular weight is 510 g/mol. The van der Waals surface area contributed by atoms with Crippen LogP contribution in [0.5, 0.6) is 11.5 Å². The number of rotatable bonds is 7. The van der Waals surface area contributed by atoms with Crippen LogP contribution < -0.4 is 4.74 Å². The van der Waals surface area contributed by atoms with E-state index in [2.05, 4.69) is 30.1 Å². The van der Waals surface area contributed by atoms with E-state index in [4.69, 9.17) is 4.74 Å². The smallest absolute Gasteiger partial charge is 0.181 e. The van der Waals surface area contributed by atoms with E-state index in [1.165, 1.54) is 18.3 Å². The molecule has 5 aromatic heterocycles. The van der Waals surface area contributed by atoms with E-state index in [1.54, 1.807) is 30.7 Å². The third-order valence-corrected chi connectivity index (χ3v) is 6.24. The molecule has 3 N–H and O–H groups in total. The van der Waals surface area contributed by atoms with E-state index in [1.807, 2.05) is 37.2 Å². The zero-order valence-electron chi connectivity index (χ0n) is 20.7. The summed E-state index contributed by atoms with van der Waals surface area (Å²) < 4.78 is 20.3. The number of likely N-dealkylation sites (N-methyl/N-ethyl adjacent to an activating group) is 1. The van der Waals surface area contributed by atoms with Crippen LogP contribution >= 0.6 is 0 Å². The van der Waals surface area contributed by atoms with Gasteiger partial charge in [-0.1, -0.05) is 0 Å². The summed E-state index contributed by atoms with van der Waals surface area (Å²) in [4.78, 5) is 18.5. The van der Waals surface area contributed by atoms with Gasteiger partial charge in [0, 0.05) is 64.2 Å². The first-order valence-corrected chi connectivity index (χ1v) is 12.0. The number of aromatic hydroxyl groups is 1. The van der Waals surface area contributed by atoms with Crippen molar-refractivity contribution in [2.75, 3.05) is 27.2 Å². The molecule has 0 atom stereocenters. The zero-order valence-corrected chi connectivity index (χ0v) is 20.7. The van der Waals surface area contributed by atoms with Crippen LogP contribution in [0.25, 0.3) is 55.7 Å². The molecule has 6 rings (SSSR count). The molecular formula is C28H24FN7O2. The highest BCUT2D eigenvalue weighted by Crippen LogP contribution is 2.35. The Morgan fingerprint density at radius 2 is 1.82 bits per heavy atom. The van der Waals surface area contributed by atoms with Gasteiger partial charge >= 0.3 is 0 Å². The molecule has 0 saturated heterocycles. The summed E-state index contributed by atoms with van der Waals surface area (Å²) >= 11 is 0. The minimum Gasteiger partial charge on any atom is -0.506 e. The van der Waals surface area contributed by atoms with Gasteiger partial charge in [-0.25, -0.2) is 9.37 Å². The van der Waals surface area contributed by atoms with Crippen LogP contribution in [0.4, 0.5) is 4.39 Å². The minimum absolute atomic E-state index is 0.0780. The molecule has 9 nitrogen and oxygen atoms in total. The number of aromatic amines is 2. The molecule has 0 unspecified atom stereocenters. The van der Waals surface area contributed by atoms with Crippen molar-refractivity contribution in [3.8, 4) is 45.3 Å². The topological polar surface area (TPSA) is 116 Å². The number of fused-ring (bicyclic) bond motifs is 2. The van der Waals surface area contributed by atoms with Gasteiger partial charge in [-0.2, -0.15) is 5.10 Å². The van der Waals surface area contributed by atoms with Gasteiger partial charge in [0.25, 0.3) is 0 Å². The number of H-pyrrole nitrogens is 2. The molecule has 5 heterocycles. The Morgan fingerprint density at radius 1 is 0.947 bits per heavy atom. The van der Waals surface area contributed by atoms with Gasteiger partial charge in [0.05, 0.1) is 23.3 Å². The lowest BCUT2D eigenvalue weighted by atomic mass is 10.1. The molecule has 10 heteroatoms. The van der Waals surface area contributed by atoms with Crippen LogP contribution in [0.2, 0.25) is 0 Å². The predicted molar refractivity (Wildman–Crippen MR) is 143 cm³/mol. The fourth-order valence-electron chi connectivity index (χ4n) is 4.40. The maximum atomic E-state index is 14.5. The SMILES string of the molecule is CN(C)CCOc1cc(F)cc(-c2nccc3[nH]c(-c4[nH]nc5ncc(-c6cncc(O)c6)cc45)cc23)c1. The summed E-state index contributed by atoms with van der Waals surface area (Å²) in [6.45, 7) is 1.17. The molecule has 0 spiro atoms. The van der Waals surface area contributed by atoms with Crippen molar-refractivity contribution >= 4 is 21.9 Å². The molecular weight excluding hydrogens is 485 g/mol. The minimum atomic E-state index is -0.392. The van der Waals surface area contributed by atoms with Crippen LogP contribution in [-0.2, 0) is 0 Å². The Kier molecular flexibility index (Phi) is 5.93. The van der Waals surface area contributed by atoms with Crippen molar-refractivity contribution in [2.24, 2.45) is 0 Å². The molecule has 1 aromatic carbocycles. The monoisotopic (exact) mass is 509 g/mol. The summed E-state index contributed by atoms with van der Waals surface area (Å²) in [6.07, 6.45) is 6.43. The Bertz CT molecular complexity index is 1780. The van der Waals surface area contributed by atoms with Crippen molar-refractivity contribution in [1.82, 2.24) is 35.0 Å². The highest BCUT2D eigenvalue weighted by atomic mass is 19.1. The maximum absolute atomic E-state index is 14.5. The van der Waals surface area contributed by atoms with Gasteiger partial charge in [0.15, 0.2) is 5.65 Å². The van der Waals surface area contributed by atoms with Crippen molar-refractivity contribution in [3.63, 3.8) is 0 Å². The standard InChI is InChI=1S/C28H24FN7O2/c1-36(2)5-6-38-21-9-16(7-19(29)11-21)26-22-12-25(33-24(22)3-4-31-26)27-23-10-18(14-32-28(23)35-34-27)17-8-20(37)15-30-13-17/h3-4,7-15,33,37H,5-6H2,1-2H3,(H,32,34,35). The van der Waals surface area contributed by atoms with Crippen molar-refractivity contribution < 1.29 is 14.2 Å². The number of pyridine rings is 3. The second-order valence-corrected chi connectivity index (χ2v) is 9.26. The van der Waals surface area contributed by atoms with Crippen LogP contribution in [0, 0.1) is 5.82 Å². The Hall–Kier alpha value is -4.83. The molecule has 6 aromatic rings. The number of nitrogens with one attached hydrogen (secondary N) is 2. The maximum Gasteiger partial charge on any atom is 0.181 e. The Labute approximate surface area is 217 Å². The van der Waals surface area contributed by atoms with E-state index >= 15 is 0 Å². The Balaban J connectivity index is 1.40. The number of halogens is 1. The molecule has 0 amide bonds. The summed E-state index contributed by atoms with van der Waals surface area (Å²) in [5.41, 5.74) is 5.71. The van der Waals surface area contributed by atoms with Gasteiger partial charge < -0.3 is 19.7 Å². The molecule has 0 aliphatic rings. The molecule has 0 bridgehead atoms. The molecule has 0 fully saturated rings. The zero-order chi connectivity index (χ0) is 26.2. The summed E-state index contributed by atoms with van der Waals surface area (Å²) in [5, 5.41) is 18.9. The molecule has 0 aliphatic carbocycles. The van der Waals surface area contributed by atoms with E-state index in [-0.39, 0.29) is 5.75 Å². The Morgan fingerprint density at radius 3 is 2.66 bits per heavy atom. The normalized spacial score (nSPS) is 11.6. The van der Waals surface area contributed by atoms with Gasteiger partial charge in [0.1, 0.15) is 23.9 Å². The lowest BCUT2D eigenvalue weighted by Gasteiger charge is -2.12. The van der Waals surface area contributed by atoms with Crippen LogP contribution in [0.3, 0.4) is 0 Å². The second kappa shape index (κ2) is 9.56. The molecule has 190 valence electrons. The predicted octanol–water partition coefficient (Wildman–Crippen LogP) is 5.02. The number of aromatic nitrogens is 6. The highest BCUT2D eigenvalue weighted by Gasteiger charge is 2.16. The van der Waals surface area contributed by atoms with Gasteiger partial charge in [-0.3, -0.25) is 15.1 Å². The molecule has 0 saturated carbocycles. The van der Waals surface area contributed by atoms with Gasteiger partial charge in [-0.15, -0.1) is 0 Å². The third kappa shape index (κ3) is 4.53. The first-order valence-electron chi connectivity index (χ1n) is 12.0. The summed E-state index contributed by atoms with van der Waals surface area (Å²) in [6, 6.07) is 12.1. The highest BCUT2D eigenvalue weighted by molar-refractivity contribution is 6.00. The first kappa shape index (κ1) is 23.6. The molecule has 0 radical (unpaired) electrons. The fourth-order valence-corrected chi connectivity index (χ4v) is 4.40.